The van der Waals surface area contributed by atoms with E-state index in [9.17, 15) is 4.79 Å². The molecular formula is C24H38N4O2. The molecule has 1 aliphatic heterocycles. The molecule has 30 heavy (non-hydrogen) atoms. The monoisotopic (exact) mass is 414 g/mol. The first-order valence-corrected chi connectivity index (χ1v) is 11.6. The number of ether oxygens (including phenoxy) is 1. The lowest BCUT2D eigenvalue weighted by Gasteiger charge is -2.26. The van der Waals surface area contributed by atoms with Crippen LogP contribution < -0.4 is 10.6 Å². The largest absolute Gasteiger partial charge is 0.377 e. The molecule has 1 aliphatic carbocycles. The lowest BCUT2D eigenvalue weighted by molar-refractivity contribution is -0.135. The van der Waals surface area contributed by atoms with Gasteiger partial charge in [0.2, 0.25) is 5.91 Å². The van der Waals surface area contributed by atoms with Crippen LogP contribution in [0.4, 0.5) is 0 Å². The minimum atomic E-state index is 0.251. The number of carbonyl (C=O) groups excluding carboxylic acids is 1. The Bertz CT molecular complexity index is 700. The highest BCUT2D eigenvalue weighted by atomic mass is 16.5. The Morgan fingerprint density at radius 3 is 2.67 bits per heavy atom. The second-order valence-corrected chi connectivity index (χ2v) is 8.50. The van der Waals surface area contributed by atoms with Crippen molar-refractivity contribution in [2.24, 2.45) is 10.9 Å². The number of benzene rings is 1. The molecule has 166 valence electrons. The Labute approximate surface area is 181 Å². The molecule has 6 nitrogen and oxygen atoms in total. The number of rotatable bonds is 8. The Kier molecular flexibility index (Phi) is 9.00. The summed E-state index contributed by atoms with van der Waals surface area (Å²) in [6.07, 6.45) is 7.82. The van der Waals surface area contributed by atoms with Crippen molar-refractivity contribution in [2.45, 2.75) is 71.1 Å². The van der Waals surface area contributed by atoms with Crippen LogP contribution in [0.15, 0.2) is 29.3 Å². The third-order valence-electron chi connectivity index (χ3n) is 6.19. The summed E-state index contributed by atoms with van der Waals surface area (Å²) in [5.41, 5.74) is 2.43. The Hall–Kier alpha value is -2.08. The summed E-state index contributed by atoms with van der Waals surface area (Å²) in [5, 5.41) is 6.94. The second kappa shape index (κ2) is 11.9. The van der Waals surface area contributed by atoms with Crippen LogP contribution in [-0.2, 0) is 22.7 Å². The van der Waals surface area contributed by atoms with E-state index in [1.54, 1.807) is 7.05 Å². The summed E-state index contributed by atoms with van der Waals surface area (Å²) in [7, 11) is 1.80. The predicted octanol–water partition coefficient (Wildman–Crippen LogP) is 3.46. The molecule has 1 saturated carbocycles. The molecule has 2 N–H and O–H groups in total. The van der Waals surface area contributed by atoms with E-state index in [2.05, 4.69) is 51.7 Å². The van der Waals surface area contributed by atoms with Gasteiger partial charge in [0.15, 0.2) is 5.96 Å². The summed E-state index contributed by atoms with van der Waals surface area (Å²) in [5.74, 6) is 1.40. The molecule has 3 rings (SSSR count). The van der Waals surface area contributed by atoms with Crippen molar-refractivity contribution >= 4 is 11.9 Å². The molecule has 0 radical (unpaired) electrons. The summed E-state index contributed by atoms with van der Waals surface area (Å²) in [6.45, 7) is 5.86. The summed E-state index contributed by atoms with van der Waals surface area (Å²) in [4.78, 5) is 19.2. The van der Waals surface area contributed by atoms with Gasteiger partial charge in [-0.1, -0.05) is 50.5 Å². The Morgan fingerprint density at radius 2 is 1.93 bits per heavy atom. The molecule has 1 aromatic rings. The van der Waals surface area contributed by atoms with Gasteiger partial charge in [0.25, 0.3) is 0 Å². The van der Waals surface area contributed by atoms with Crippen molar-refractivity contribution in [1.29, 1.82) is 0 Å². The number of amides is 1. The van der Waals surface area contributed by atoms with E-state index in [-0.39, 0.29) is 12.0 Å². The molecule has 1 aromatic carbocycles. The van der Waals surface area contributed by atoms with Crippen molar-refractivity contribution in [3.63, 3.8) is 0 Å². The average molecular weight is 415 g/mol. The van der Waals surface area contributed by atoms with E-state index in [4.69, 9.17) is 4.74 Å². The smallest absolute Gasteiger partial charge is 0.225 e. The topological polar surface area (TPSA) is 66.0 Å². The maximum absolute atomic E-state index is 12.8. The fraction of sp³-hybridized carbons (Fsp3) is 0.667. The van der Waals surface area contributed by atoms with Crippen molar-refractivity contribution < 1.29 is 9.53 Å². The molecule has 1 saturated heterocycles. The van der Waals surface area contributed by atoms with Gasteiger partial charge in [-0.2, -0.15) is 0 Å². The molecule has 1 heterocycles. The van der Waals surface area contributed by atoms with Gasteiger partial charge in [-0.05, 0) is 36.8 Å². The van der Waals surface area contributed by atoms with Gasteiger partial charge < -0.3 is 20.3 Å². The number of nitrogens with zero attached hydrogens (tertiary/aromatic N) is 2. The van der Waals surface area contributed by atoms with Gasteiger partial charge in [0.1, 0.15) is 0 Å². The van der Waals surface area contributed by atoms with Crippen molar-refractivity contribution in [3.05, 3.63) is 35.4 Å². The molecule has 1 atom stereocenters. The lowest BCUT2D eigenvalue weighted by atomic mass is 9.88. The summed E-state index contributed by atoms with van der Waals surface area (Å²) >= 11 is 0. The van der Waals surface area contributed by atoms with Crippen LogP contribution in [0.3, 0.4) is 0 Å². The van der Waals surface area contributed by atoms with E-state index >= 15 is 0 Å². The molecule has 6 heteroatoms. The zero-order chi connectivity index (χ0) is 21.2. The lowest BCUT2D eigenvalue weighted by Crippen LogP contribution is -2.45. The number of aliphatic imine (C=N–C) groups is 1. The average Bonchev–Trinajstić information content (AvgIpc) is 3.26. The number of carbonyl (C=O) groups is 1. The minimum absolute atomic E-state index is 0.251. The molecule has 2 aliphatic rings. The van der Waals surface area contributed by atoms with E-state index in [0.29, 0.717) is 19.1 Å². The first-order valence-electron chi connectivity index (χ1n) is 11.6. The number of likely N-dealkylation sites (tertiary alicyclic amines) is 1. The van der Waals surface area contributed by atoms with Gasteiger partial charge in [-0.25, -0.2) is 0 Å². The zero-order valence-electron chi connectivity index (χ0n) is 18.7. The third kappa shape index (κ3) is 6.46. The SMILES string of the molecule is CCCOCc1ccccc1CNC(=NC)NC1CCN(C(=O)C2CCCCC2)C1. The Morgan fingerprint density at radius 1 is 1.17 bits per heavy atom. The third-order valence-corrected chi connectivity index (χ3v) is 6.19. The second-order valence-electron chi connectivity index (χ2n) is 8.50. The first kappa shape index (κ1) is 22.6. The molecule has 1 amide bonds. The van der Waals surface area contributed by atoms with E-state index in [0.717, 1.165) is 51.3 Å². The van der Waals surface area contributed by atoms with Crippen LogP contribution in [-0.4, -0.2) is 49.6 Å². The zero-order valence-corrected chi connectivity index (χ0v) is 18.7. The quantitative estimate of drug-likeness (QED) is 0.388. The highest BCUT2D eigenvalue weighted by Crippen LogP contribution is 2.26. The maximum atomic E-state index is 12.8. The fourth-order valence-corrected chi connectivity index (χ4v) is 4.45. The van der Waals surface area contributed by atoms with Crippen molar-refractivity contribution in [3.8, 4) is 0 Å². The number of guanidine groups is 1. The summed E-state index contributed by atoms with van der Waals surface area (Å²) < 4.78 is 5.72. The van der Waals surface area contributed by atoms with Crippen LogP contribution in [0, 0.1) is 5.92 Å². The van der Waals surface area contributed by atoms with Gasteiger partial charge in [0, 0.05) is 45.2 Å². The van der Waals surface area contributed by atoms with Crippen molar-refractivity contribution in [1.82, 2.24) is 15.5 Å². The van der Waals surface area contributed by atoms with Crippen LogP contribution in [0.2, 0.25) is 0 Å². The van der Waals surface area contributed by atoms with Gasteiger partial charge in [-0.3, -0.25) is 9.79 Å². The van der Waals surface area contributed by atoms with E-state index in [1.807, 2.05) is 0 Å². The van der Waals surface area contributed by atoms with Crippen LogP contribution in [0.5, 0.6) is 0 Å². The van der Waals surface area contributed by atoms with Crippen molar-refractivity contribution in [2.75, 3.05) is 26.7 Å². The maximum Gasteiger partial charge on any atom is 0.225 e. The normalized spacial score (nSPS) is 20.4. The molecule has 1 unspecified atom stereocenters. The molecular weight excluding hydrogens is 376 g/mol. The van der Waals surface area contributed by atoms with Crippen LogP contribution in [0.25, 0.3) is 0 Å². The van der Waals surface area contributed by atoms with Gasteiger partial charge in [0.05, 0.1) is 6.61 Å². The van der Waals surface area contributed by atoms with E-state index in [1.165, 1.54) is 30.4 Å². The van der Waals surface area contributed by atoms with Crippen LogP contribution in [0.1, 0.15) is 63.0 Å². The standard InChI is InChI=1S/C24H38N4O2/c1-3-15-30-18-21-12-8-7-11-20(21)16-26-24(25-2)27-22-13-14-28(17-22)23(29)19-9-5-4-6-10-19/h7-8,11-12,19,22H,3-6,9-10,13-18H2,1-2H3,(H2,25,26,27). The van der Waals surface area contributed by atoms with Gasteiger partial charge >= 0.3 is 0 Å². The van der Waals surface area contributed by atoms with Crippen LogP contribution >= 0.6 is 0 Å². The first-order chi connectivity index (χ1) is 14.7. The predicted molar refractivity (Wildman–Crippen MR) is 121 cm³/mol. The summed E-state index contributed by atoms with van der Waals surface area (Å²) in [6, 6.07) is 8.62. The molecule has 0 spiro atoms. The van der Waals surface area contributed by atoms with Gasteiger partial charge in [-0.15, -0.1) is 0 Å². The highest BCUT2D eigenvalue weighted by molar-refractivity contribution is 5.81. The fourth-order valence-electron chi connectivity index (χ4n) is 4.45. The minimum Gasteiger partial charge on any atom is -0.377 e. The number of hydrogen-bond acceptors (Lipinski definition) is 3. The van der Waals surface area contributed by atoms with E-state index < -0.39 is 0 Å². The molecule has 0 bridgehead atoms. The Balaban J connectivity index is 1.47. The highest BCUT2D eigenvalue weighted by Gasteiger charge is 2.31. The molecule has 0 aromatic heterocycles. The molecule has 2 fully saturated rings. The number of hydrogen-bond donors (Lipinski definition) is 2. The number of nitrogens with one attached hydrogen (secondary N) is 2.